The number of hydrogen-bond donors (Lipinski definition) is 1. The first-order valence-corrected chi connectivity index (χ1v) is 6.49. The molecule has 94 valence electrons. The Bertz CT molecular complexity index is 738. The van der Waals surface area contributed by atoms with E-state index in [1.54, 1.807) is 6.20 Å². The summed E-state index contributed by atoms with van der Waals surface area (Å²) < 4.78 is 0. The molecule has 0 saturated carbocycles. The molecule has 0 aliphatic rings. The van der Waals surface area contributed by atoms with Gasteiger partial charge in [-0.2, -0.15) is 0 Å². The third-order valence-electron chi connectivity index (χ3n) is 3.21. The molecule has 0 atom stereocenters. The predicted molar refractivity (Wildman–Crippen MR) is 80.1 cm³/mol. The third kappa shape index (κ3) is 2.33. The number of hydrogen-bond acceptors (Lipinski definition) is 2. The zero-order chi connectivity index (χ0) is 13.2. The SMILES string of the molecule is NCc1ccc(-c2ccc3cccnc3c2)cc1Cl. The number of nitrogens with two attached hydrogens (primary N) is 1. The molecule has 0 aliphatic heterocycles. The van der Waals surface area contributed by atoms with Crippen LogP contribution in [0.15, 0.2) is 54.7 Å². The molecule has 0 saturated heterocycles. The minimum absolute atomic E-state index is 0.457. The van der Waals surface area contributed by atoms with E-state index in [1.165, 1.54) is 0 Å². The quantitative estimate of drug-likeness (QED) is 0.763. The van der Waals surface area contributed by atoms with Crippen LogP contribution in [0.5, 0.6) is 0 Å². The fourth-order valence-corrected chi connectivity index (χ4v) is 2.40. The van der Waals surface area contributed by atoms with Crippen LogP contribution < -0.4 is 5.73 Å². The highest BCUT2D eigenvalue weighted by Crippen LogP contribution is 2.27. The van der Waals surface area contributed by atoms with Crippen molar-refractivity contribution in [3.05, 3.63) is 65.3 Å². The molecule has 0 aliphatic carbocycles. The van der Waals surface area contributed by atoms with Gasteiger partial charge in [0.15, 0.2) is 0 Å². The van der Waals surface area contributed by atoms with Gasteiger partial charge in [-0.05, 0) is 34.9 Å². The maximum atomic E-state index is 6.20. The first-order chi connectivity index (χ1) is 9.28. The zero-order valence-electron chi connectivity index (χ0n) is 10.3. The lowest BCUT2D eigenvalue weighted by Gasteiger charge is -2.07. The Labute approximate surface area is 116 Å². The van der Waals surface area contributed by atoms with Crippen molar-refractivity contribution in [1.82, 2.24) is 4.98 Å². The molecule has 0 unspecified atom stereocenters. The van der Waals surface area contributed by atoms with Gasteiger partial charge in [0.1, 0.15) is 0 Å². The van der Waals surface area contributed by atoms with Crippen molar-refractivity contribution in [2.24, 2.45) is 5.73 Å². The van der Waals surface area contributed by atoms with E-state index < -0.39 is 0 Å². The molecule has 3 aromatic rings. The lowest BCUT2D eigenvalue weighted by molar-refractivity contribution is 1.07. The topological polar surface area (TPSA) is 38.9 Å². The molecule has 0 bridgehead atoms. The van der Waals surface area contributed by atoms with Gasteiger partial charge in [0, 0.05) is 23.2 Å². The van der Waals surface area contributed by atoms with Gasteiger partial charge in [-0.15, -0.1) is 0 Å². The smallest absolute Gasteiger partial charge is 0.0708 e. The Kier molecular flexibility index (Phi) is 3.20. The van der Waals surface area contributed by atoms with E-state index >= 15 is 0 Å². The van der Waals surface area contributed by atoms with Crippen molar-refractivity contribution in [2.45, 2.75) is 6.54 Å². The second kappa shape index (κ2) is 5.00. The van der Waals surface area contributed by atoms with E-state index in [-0.39, 0.29) is 0 Å². The van der Waals surface area contributed by atoms with Crippen molar-refractivity contribution in [3.8, 4) is 11.1 Å². The van der Waals surface area contributed by atoms with Gasteiger partial charge in [-0.1, -0.05) is 41.9 Å². The van der Waals surface area contributed by atoms with Crippen molar-refractivity contribution in [1.29, 1.82) is 0 Å². The second-order valence-corrected chi connectivity index (χ2v) is 4.83. The van der Waals surface area contributed by atoms with Crippen LogP contribution in [0, 0.1) is 0 Å². The molecule has 0 amide bonds. The maximum absolute atomic E-state index is 6.20. The van der Waals surface area contributed by atoms with E-state index in [4.69, 9.17) is 17.3 Å². The van der Waals surface area contributed by atoms with Crippen LogP contribution in [-0.2, 0) is 6.54 Å². The second-order valence-electron chi connectivity index (χ2n) is 4.42. The molecule has 2 aromatic carbocycles. The summed E-state index contributed by atoms with van der Waals surface area (Å²) in [6.45, 7) is 0.457. The van der Waals surface area contributed by atoms with Crippen LogP contribution in [0.25, 0.3) is 22.0 Å². The lowest BCUT2D eigenvalue weighted by atomic mass is 10.0. The normalized spacial score (nSPS) is 10.8. The van der Waals surface area contributed by atoms with Crippen LogP contribution in [0.1, 0.15) is 5.56 Å². The molecule has 1 aromatic heterocycles. The van der Waals surface area contributed by atoms with E-state index in [9.17, 15) is 0 Å². The van der Waals surface area contributed by atoms with Crippen LogP contribution in [-0.4, -0.2) is 4.98 Å². The molecule has 2 nitrogen and oxygen atoms in total. The van der Waals surface area contributed by atoms with Gasteiger partial charge >= 0.3 is 0 Å². The number of rotatable bonds is 2. The molecule has 0 fully saturated rings. The van der Waals surface area contributed by atoms with Crippen molar-refractivity contribution < 1.29 is 0 Å². The molecule has 3 rings (SSSR count). The standard InChI is InChI=1S/C16H13ClN2/c17-15-8-12(5-6-14(15)10-18)13-4-3-11-2-1-7-19-16(11)9-13/h1-9H,10,18H2. The minimum Gasteiger partial charge on any atom is -0.326 e. The number of aromatic nitrogens is 1. The number of nitrogens with zero attached hydrogens (tertiary/aromatic N) is 1. The Morgan fingerprint density at radius 2 is 1.79 bits per heavy atom. The molecule has 0 radical (unpaired) electrons. The summed E-state index contributed by atoms with van der Waals surface area (Å²) in [6, 6.07) is 16.2. The summed E-state index contributed by atoms with van der Waals surface area (Å²) in [5, 5.41) is 1.84. The average molecular weight is 269 g/mol. The maximum Gasteiger partial charge on any atom is 0.0708 e. The van der Waals surface area contributed by atoms with Gasteiger partial charge in [0.25, 0.3) is 0 Å². The molecular formula is C16H13ClN2. The van der Waals surface area contributed by atoms with E-state index in [0.29, 0.717) is 11.6 Å². The van der Waals surface area contributed by atoms with Gasteiger partial charge in [-0.25, -0.2) is 0 Å². The summed E-state index contributed by atoms with van der Waals surface area (Å²) in [5.74, 6) is 0. The van der Waals surface area contributed by atoms with E-state index in [2.05, 4.69) is 29.2 Å². The third-order valence-corrected chi connectivity index (χ3v) is 3.56. The number of benzene rings is 2. The zero-order valence-corrected chi connectivity index (χ0v) is 11.1. The largest absolute Gasteiger partial charge is 0.326 e. The Balaban J connectivity index is 2.11. The fraction of sp³-hybridized carbons (Fsp3) is 0.0625. The Hall–Kier alpha value is -1.90. The first kappa shape index (κ1) is 12.2. The summed E-state index contributed by atoms with van der Waals surface area (Å²) >= 11 is 6.20. The van der Waals surface area contributed by atoms with Crippen LogP contribution in [0.3, 0.4) is 0 Å². The highest BCUT2D eigenvalue weighted by molar-refractivity contribution is 6.31. The average Bonchev–Trinajstić information content (AvgIpc) is 2.46. The number of pyridine rings is 1. The van der Waals surface area contributed by atoms with Crippen LogP contribution in [0.4, 0.5) is 0 Å². The van der Waals surface area contributed by atoms with Crippen molar-refractivity contribution in [2.75, 3.05) is 0 Å². The van der Waals surface area contributed by atoms with Crippen molar-refractivity contribution >= 4 is 22.5 Å². The summed E-state index contributed by atoms with van der Waals surface area (Å²) in [6.07, 6.45) is 1.80. The fourth-order valence-electron chi connectivity index (χ4n) is 2.14. The predicted octanol–water partition coefficient (Wildman–Crippen LogP) is 4.01. The molecule has 1 heterocycles. The Morgan fingerprint density at radius 1 is 1.00 bits per heavy atom. The van der Waals surface area contributed by atoms with Gasteiger partial charge < -0.3 is 5.73 Å². The van der Waals surface area contributed by atoms with Gasteiger partial charge in [0.2, 0.25) is 0 Å². The minimum atomic E-state index is 0.457. The molecule has 0 spiro atoms. The van der Waals surface area contributed by atoms with E-state index in [0.717, 1.165) is 27.6 Å². The van der Waals surface area contributed by atoms with Gasteiger partial charge in [-0.3, -0.25) is 4.98 Å². The van der Waals surface area contributed by atoms with Crippen LogP contribution in [0.2, 0.25) is 5.02 Å². The number of halogens is 1. The molecular weight excluding hydrogens is 256 g/mol. The molecule has 19 heavy (non-hydrogen) atoms. The van der Waals surface area contributed by atoms with Crippen LogP contribution >= 0.6 is 11.6 Å². The van der Waals surface area contributed by atoms with Crippen molar-refractivity contribution in [3.63, 3.8) is 0 Å². The molecule has 3 heteroatoms. The Morgan fingerprint density at radius 3 is 2.58 bits per heavy atom. The highest BCUT2D eigenvalue weighted by Gasteiger charge is 2.04. The summed E-state index contributed by atoms with van der Waals surface area (Å²) in [7, 11) is 0. The molecule has 2 N–H and O–H groups in total. The van der Waals surface area contributed by atoms with Gasteiger partial charge in [0.05, 0.1) is 5.52 Å². The highest BCUT2D eigenvalue weighted by atomic mass is 35.5. The van der Waals surface area contributed by atoms with E-state index in [1.807, 2.05) is 24.3 Å². The summed E-state index contributed by atoms with van der Waals surface area (Å²) in [4.78, 5) is 4.37. The first-order valence-electron chi connectivity index (χ1n) is 6.11. The number of fused-ring (bicyclic) bond motifs is 1. The lowest BCUT2D eigenvalue weighted by Crippen LogP contribution is -1.96. The summed E-state index contributed by atoms with van der Waals surface area (Å²) in [5.41, 5.74) is 9.75. The monoisotopic (exact) mass is 268 g/mol.